The normalized spacial score (nSPS) is 16.2. The minimum atomic E-state index is -0.0827. The molecule has 0 saturated heterocycles. The second-order valence-electron chi connectivity index (χ2n) is 6.30. The van der Waals surface area contributed by atoms with Gasteiger partial charge in [-0.25, -0.2) is 0 Å². The molecule has 4 heteroatoms. The SMILES string of the molecule is CN(C(=O)/C=C1/CC/C1=C\C(=O)N(C)c1ccccc1)c1ccccc1. The van der Waals surface area contributed by atoms with Gasteiger partial charge in [-0.15, -0.1) is 0 Å². The highest BCUT2D eigenvalue weighted by atomic mass is 16.2. The third-order valence-corrected chi connectivity index (χ3v) is 4.62. The second-order valence-corrected chi connectivity index (χ2v) is 6.30. The highest BCUT2D eigenvalue weighted by Gasteiger charge is 2.21. The Hall–Kier alpha value is -3.14. The molecule has 0 aliphatic heterocycles. The summed E-state index contributed by atoms with van der Waals surface area (Å²) in [7, 11) is 3.51. The molecule has 3 rings (SSSR count). The minimum absolute atomic E-state index is 0.0827. The number of hydrogen-bond donors (Lipinski definition) is 0. The van der Waals surface area contributed by atoms with Gasteiger partial charge in [0.15, 0.2) is 0 Å². The van der Waals surface area contributed by atoms with Gasteiger partial charge in [0.2, 0.25) is 0 Å². The number of benzene rings is 2. The molecule has 2 aromatic carbocycles. The van der Waals surface area contributed by atoms with Crippen molar-refractivity contribution in [1.29, 1.82) is 0 Å². The number of rotatable bonds is 4. The van der Waals surface area contributed by atoms with Gasteiger partial charge in [0.1, 0.15) is 0 Å². The molecule has 1 aliphatic carbocycles. The first-order valence-corrected chi connectivity index (χ1v) is 8.63. The minimum Gasteiger partial charge on any atom is -0.312 e. The van der Waals surface area contributed by atoms with Crippen molar-refractivity contribution < 1.29 is 9.59 Å². The summed E-state index contributed by atoms with van der Waals surface area (Å²) in [4.78, 5) is 28.1. The highest BCUT2D eigenvalue weighted by molar-refractivity contribution is 6.04. The number of hydrogen-bond acceptors (Lipinski definition) is 2. The van der Waals surface area contributed by atoms with E-state index in [-0.39, 0.29) is 11.8 Å². The predicted octanol–water partition coefficient (Wildman–Crippen LogP) is 3.96. The van der Waals surface area contributed by atoms with E-state index in [1.165, 1.54) is 0 Å². The van der Waals surface area contributed by atoms with Crippen LogP contribution >= 0.6 is 0 Å². The van der Waals surface area contributed by atoms with Crippen LogP contribution in [-0.2, 0) is 9.59 Å². The molecule has 0 spiro atoms. The summed E-state index contributed by atoms with van der Waals surface area (Å²) >= 11 is 0. The topological polar surface area (TPSA) is 40.6 Å². The van der Waals surface area contributed by atoms with Crippen molar-refractivity contribution in [2.24, 2.45) is 0 Å². The Morgan fingerprint density at radius 3 is 1.35 bits per heavy atom. The van der Waals surface area contributed by atoms with Crippen LogP contribution in [0.3, 0.4) is 0 Å². The van der Waals surface area contributed by atoms with E-state index in [1.807, 2.05) is 60.7 Å². The molecule has 1 saturated carbocycles. The maximum atomic E-state index is 12.5. The Morgan fingerprint density at radius 1 is 0.692 bits per heavy atom. The Bertz CT molecular complexity index is 781. The number of carbonyl (C=O) groups excluding carboxylic acids is 2. The highest BCUT2D eigenvalue weighted by Crippen LogP contribution is 2.33. The molecule has 2 amide bonds. The van der Waals surface area contributed by atoms with Crippen LogP contribution in [0, 0.1) is 0 Å². The number of likely N-dealkylation sites (N-methyl/N-ethyl adjacent to an activating group) is 2. The molecule has 0 bridgehead atoms. The zero-order chi connectivity index (χ0) is 18.5. The van der Waals surface area contributed by atoms with Gasteiger partial charge in [-0.1, -0.05) is 36.4 Å². The number of nitrogens with zero attached hydrogens (tertiary/aromatic N) is 2. The first-order valence-electron chi connectivity index (χ1n) is 8.63. The van der Waals surface area contributed by atoms with Crippen molar-refractivity contribution in [2.45, 2.75) is 12.8 Å². The molecule has 2 aromatic rings. The van der Waals surface area contributed by atoms with E-state index in [2.05, 4.69) is 0 Å². The van der Waals surface area contributed by atoms with Gasteiger partial charge in [0.05, 0.1) is 0 Å². The van der Waals surface area contributed by atoms with Crippen LogP contribution in [0.25, 0.3) is 0 Å². The van der Waals surface area contributed by atoms with Crippen molar-refractivity contribution in [3.05, 3.63) is 84.0 Å². The smallest absolute Gasteiger partial charge is 0.250 e. The Kier molecular flexibility index (Phi) is 5.32. The molecule has 4 nitrogen and oxygen atoms in total. The average molecular weight is 346 g/mol. The van der Waals surface area contributed by atoms with Gasteiger partial charge in [0.25, 0.3) is 11.8 Å². The molecular formula is C22H22N2O2. The predicted molar refractivity (Wildman–Crippen MR) is 105 cm³/mol. The van der Waals surface area contributed by atoms with Gasteiger partial charge < -0.3 is 9.80 Å². The summed E-state index contributed by atoms with van der Waals surface area (Å²) in [6.45, 7) is 0. The molecular weight excluding hydrogens is 324 g/mol. The standard InChI is InChI=1S/C22H22N2O2/c1-23(19-9-5-3-6-10-19)21(25)15-17-13-14-18(17)16-22(26)24(2)20-11-7-4-8-12-20/h3-12,15-16H,13-14H2,1-2H3/b17-15-,18-16+. The van der Waals surface area contributed by atoms with Crippen molar-refractivity contribution >= 4 is 23.2 Å². The van der Waals surface area contributed by atoms with Crippen LogP contribution in [0.5, 0.6) is 0 Å². The van der Waals surface area contributed by atoms with E-state index in [0.717, 1.165) is 35.4 Å². The first kappa shape index (κ1) is 17.7. The van der Waals surface area contributed by atoms with Crippen LogP contribution in [0.1, 0.15) is 12.8 Å². The van der Waals surface area contributed by atoms with Gasteiger partial charge in [0, 0.05) is 37.6 Å². The lowest BCUT2D eigenvalue weighted by molar-refractivity contribution is -0.114. The zero-order valence-electron chi connectivity index (χ0n) is 15.1. The molecule has 0 radical (unpaired) electrons. The van der Waals surface area contributed by atoms with E-state index in [0.29, 0.717) is 0 Å². The van der Waals surface area contributed by atoms with Gasteiger partial charge >= 0.3 is 0 Å². The molecule has 0 heterocycles. The van der Waals surface area contributed by atoms with Gasteiger partial charge in [-0.05, 0) is 48.3 Å². The fourth-order valence-electron chi connectivity index (χ4n) is 2.79. The molecule has 1 aliphatic rings. The first-order chi connectivity index (χ1) is 12.6. The van der Waals surface area contributed by atoms with Crippen molar-refractivity contribution in [3.63, 3.8) is 0 Å². The summed E-state index contributed by atoms with van der Waals surface area (Å²) in [6.07, 6.45) is 4.92. The van der Waals surface area contributed by atoms with Crippen LogP contribution in [-0.4, -0.2) is 25.9 Å². The van der Waals surface area contributed by atoms with Crippen LogP contribution in [0.15, 0.2) is 84.0 Å². The van der Waals surface area contributed by atoms with Gasteiger partial charge in [-0.2, -0.15) is 0 Å². The summed E-state index contributed by atoms with van der Waals surface area (Å²) in [6, 6.07) is 19.0. The quantitative estimate of drug-likeness (QED) is 0.786. The molecule has 0 aromatic heterocycles. The lowest BCUT2D eigenvalue weighted by Crippen LogP contribution is -2.26. The third-order valence-electron chi connectivity index (χ3n) is 4.62. The van der Waals surface area contributed by atoms with E-state index in [9.17, 15) is 9.59 Å². The monoisotopic (exact) mass is 346 g/mol. The van der Waals surface area contributed by atoms with Crippen LogP contribution < -0.4 is 9.80 Å². The maximum absolute atomic E-state index is 12.5. The van der Waals surface area contributed by atoms with Crippen LogP contribution in [0.2, 0.25) is 0 Å². The fraction of sp³-hybridized carbons (Fsp3) is 0.182. The molecule has 0 atom stereocenters. The fourth-order valence-corrected chi connectivity index (χ4v) is 2.79. The van der Waals surface area contributed by atoms with Crippen LogP contribution in [0.4, 0.5) is 11.4 Å². The Balaban J connectivity index is 1.70. The lowest BCUT2D eigenvalue weighted by atomic mass is 9.84. The Morgan fingerprint density at radius 2 is 1.04 bits per heavy atom. The van der Waals surface area contributed by atoms with Crippen molar-refractivity contribution in [1.82, 2.24) is 0 Å². The van der Waals surface area contributed by atoms with E-state index in [1.54, 1.807) is 36.0 Å². The summed E-state index contributed by atoms with van der Waals surface area (Å²) in [5.41, 5.74) is 3.57. The second kappa shape index (κ2) is 7.83. The lowest BCUT2D eigenvalue weighted by Gasteiger charge is -2.24. The van der Waals surface area contributed by atoms with E-state index < -0.39 is 0 Å². The van der Waals surface area contributed by atoms with Gasteiger partial charge in [-0.3, -0.25) is 9.59 Å². The maximum Gasteiger partial charge on any atom is 0.250 e. The van der Waals surface area contributed by atoms with E-state index >= 15 is 0 Å². The molecule has 0 unspecified atom stereocenters. The Labute approximate surface area is 154 Å². The van der Waals surface area contributed by atoms with Crippen molar-refractivity contribution in [2.75, 3.05) is 23.9 Å². The number of allylic oxidation sites excluding steroid dienone is 2. The number of carbonyl (C=O) groups is 2. The number of amides is 2. The molecule has 132 valence electrons. The van der Waals surface area contributed by atoms with E-state index in [4.69, 9.17) is 0 Å². The molecule has 1 fully saturated rings. The summed E-state index contributed by atoms with van der Waals surface area (Å²) in [5.74, 6) is -0.165. The summed E-state index contributed by atoms with van der Waals surface area (Å²) < 4.78 is 0. The number of anilines is 2. The number of para-hydroxylation sites is 2. The third kappa shape index (κ3) is 3.91. The summed E-state index contributed by atoms with van der Waals surface area (Å²) in [5, 5.41) is 0. The van der Waals surface area contributed by atoms with Crippen molar-refractivity contribution in [3.8, 4) is 0 Å². The largest absolute Gasteiger partial charge is 0.312 e. The molecule has 0 N–H and O–H groups in total. The zero-order valence-corrected chi connectivity index (χ0v) is 15.1. The molecule has 26 heavy (non-hydrogen) atoms. The average Bonchev–Trinajstić information content (AvgIpc) is 2.69.